The number of carboxylic acids is 1. The second-order valence-electron chi connectivity index (χ2n) is 8.37. The van der Waals surface area contributed by atoms with Gasteiger partial charge in [0.05, 0.1) is 4.90 Å². The third-order valence-corrected chi connectivity index (χ3v) is 7.90. The normalized spacial score (nSPS) is 15.0. The summed E-state index contributed by atoms with van der Waals surface area (Å²) in [4.78, 5) is 25.8. The monoisotopic (exact) mass is 464 g/mol. The molecule has 2 aromatic carbocycles. The number of hydrogen-bond donors (Lipinski definition) is 1. The molecule has 1 N–H and O–H groups in total. The molecule has 2 heterocycles. The first-order valence-electron chi connectivity index (χ1n) is 11.1. The van der Waals surface area contributed by atoms with Crippen LogP contribution in [0.15, 0.2) is 59.5 Å². The van der Waals surface area contributed by atoms with E-state index in [0.717, 1.165) is 47.6 Å². The number of ketones is 1. The van der Waals surface area contributed by atoms with Crippen LogP contribution in [0.25, 0.3) is 0 Å². The summed E-state index contributed by atoms with van der Waals surface area (Å²) in [6.45, 7) is 5.06. The molecule has 1 unspecified atom stereocenters. The Labute approximate surface area is 196 Å². The third-order valence-electron chi connectivity index (χ3n) is 6.29. The van der Waals surface area contributed by atoms with E-state index in [0.29, 0.717) is 23.2 Å². The molecule has 172 valence electrons. The van der Waals surface area contributed by atoms with Crippen LogP contribution in [-0.4, -0.2) is 43.0 Å². The molecule has 1 aliphatic heterocycles. The third kappa shape index (κ3) is 4.70. The van der Waals surface area contributed by atoms with Gasteiger partial charge >= 0.3 is 5.97 Å². The van der Waals surface area contributed by atoms with Crippen molar-refractivity contribution in [2.45, 2.75) is 44.6 Å². The lowest BCUT2D eigenvalue weighted by Gasteiger charge is -2.17. The molecule has 1 fully saturated rings. The summed E-state index contributed by atoms with van der Waals surface area (Å²) < 4.78 is 17.0. The van der Waals surface area contributed by atoms with Gasteiger partial charge in [-0.1, -0.05) is 48.5 Å². The Morgan fingerprint density at radius 2 is 1.58 bits per heavy atom. The van der Waals surface area contributed by atoms with Gasteiger partial charge in [0.25, 0.3) is 0 Å². The average molecular weight is 465 g/mol. The molecule has 33 heavy (non-hydrogen) atoms. The molecule has 1 atom stereocenters. The summed E-state index contributed by atoms with van der Waals surface area (Å²) >= 11 is 0. The average Bonchev–Trinajstić information content (AvgIpc) is 3.43. The fourth-order valence-electron chi connectivity index (χ4n) is 4.58. The van der Waals surface area contributed by atoms with Gasteiger partial charge in [-0.2, -0.15) is 0 Å². The lowest BCUT2D eigenvalue weighted by molar-refractivity contribution is -0.137. The van der Waals surface area contributed by atoms with Crippen molar-refractivity contribution in [3.8, 4) is 0 Å². The SMILES string of the molecule is Cc1c(Cc2ccccc2S(=O)N2CCCC2)c(C(=O)c2ccccc2)c(C)n1CC(=O)O. The first-order chi connectivity index (χ1) is 15.9. The topological polar surface area (TPSA) is 79.6 Å². The first-order valence-corrected chi connectivity index (χ1v) is 12.2. The zero-order valence-electron chi connectivity index (χ0n) is 18.9. The Balaban J connectivity index is 1.80. The van der Waals surface area contributed by atoms with Crippen molar-refractivity contribution >= 4 is 22.7 Å². The molecule has 3 aromatic rings. The van der Waals surface area contributed by atoms with Crippen molar-refractivity contribution < 1.29 is 18.9 Å². The van der Waals surface area contributed by atoms with Gasteiger partial charge in [-0.3, -0.25) is 9.59 Å². The van der Waals surface area contributed by atoms with E-state index in [1.807, 2.05) is 53.7 Å². The number of hydrogen-bond acceptors (Lipinski definition) is 3. The minimum atomic E-state index is -1.26. The maximum absolute atomic E-state index is 13.5. The van der Waals surface area contributed by atoms with Gasteiger partial charge in [0.2, 0.25) is 0 Å². The van der Waals surface area contributed by atoms with Crippen LogP contribution in [-0.2, 0) is 28.7 Å². The van der Waals surface area contributed by atoms with E-state index in [4.69, 9.17) is 0 Å². The van der Waals surface area contributed by atoms with Crippen molar-refractivity contribution in [2.75, 3.05) is 13.1 Å². The summed E-state index contributed by atoms with van der Waals surface area (Å²) in [5.74, 6) is -1.09. The van der Waals surface area contributed by atoms with Crippen LogP contribution in [0.2, 0.25) is 0 Å². The summed E-state index contributed by atoms with van der Waals surface area (Å²) in [6, 6.07) is 16.7. The van der Waals surface area contributed by atoms with E-state index in [1.165, 1.54) is 0 Å². The van der Waals surface area contributed by atoms with Gasteiger partial charge in [0.15, 0.2) is 5.78 Å². The Bertz CT molecular complexity index is 1210. The highest BCUT2D eigenvalue weighted by Crippen LogP contribution is 2.30. The van der Waals surface area contributed by atoms with Crippen molar-refractivity contribution in [2.24, 2.45) is 0 Å². The number of carbonyl (C=O) groups excluding carboxylic acids is 1. The van der Waals surface area contributed by atoms with E-state index in [-0.39, 0.29) is 12.3 Å². The molecule has 4 rings (SSSR count). The summed E-state index contributed by atoms with van der Waals surface area (Å²) in [5, 5.41) is 9.45. The molecule has 0 bridgehead atoms. The standard InChI is InChI=1S/C26H28N2O4S/c1-18-22(16-21-12-6-7-13-23(21)33(32)27-14-8-9-15-27)25(19(2)28(18)17-24(29)30)26(31)20-10-4-3-5-11-20/h3-7,10-13H,8-9,14-17H2,1-2H3,(H,29,30). The minimum absolute atomic E-state index is 0.131. The maximum Gasteiger partial charge on any atom is 0.323 e. The van der Waals surface area contributed by atoms with Crippen molar-refractivity contribution in [1.29, 1.82) is 0 Å². The maximum atomic E-state index is 13.5. The number of rotatable bonds is 8. The zero-order valence-corrected chi connectivity index (χ0v) is 19.7. The molecular weight excluding hydrogens is 436 g/mol. The number of carboxylic acid groups (broad SMARTS) is 1. The molecule has 1 aliphatic rings. The molecule has 7 heteroatoms. The van der Waals surface area contributed by atoms with E-state index in [9.17, 15) is 18.9 Å². The van der Waals surface area contributed by atoms with Gasteiger partial charge in [-0.15, -0.1) is 0 Å². The molecule has 0 amide bonds. The molecule has 0 radical (unpaired) electrons. The Hall–Kier alpha value is -3.03. The lowest BCUT2D eigenvalue weighted by atomic mass is 9.95. The second kappa shape index (κ2) is 9.85. The Morgan fingerprint density at radius 3 is 2.24 bits per heavy atom. The predicted octanol–water partition coefficient (Wildman–Crippen LogP) is 4.13. The van der Waals surface area contributed by atoms with Crippen LogP contribution in [0, 0.1) is 13.8 Å². The lowest BCUT2D eigenvalue weighted by Crippen LogP contribution is -2.23. The van der Waals surface area contributed by atoms with Crippen molar-refractivity contribution in [3.63, 3.8) is 0 Å². The van der Waals surface area contributed by atoms with Crippen LogP contribution in [0.1, 0.15) is 51.3 Å². The molecule has 1 saturated heterocycles. The fourth-order valence-corrected chi connectivity index (χ4v) is 6.00. The molecule has 1 aromatic heterocycles. The minimum Gasteiger partial charge on any atom is -0.480 e. The molecule has 6 nitrogen and oxygen atoms in total. The van der Waals surface area contributed by atoms with Gasteiger partial charge in [-0.05, 0) is 43.9 Å². The van der Waals surface area contributed by atoms with E-state index in [1.54, 1.807) is 23.6 Å². The number of aromatic nitrogens is 1. The van der Waals surface area contributed by atoms with Crippen LogP contribution in [0.4, 0.5) is 0 Å². The molecule has 0 aliphatic carbocycles. The van der Waals surface area contributed by atoms with Gasteiger partial charge in [-0.25, -0.2) is 8.51 Å². The smallest absolute Gasteiger partial charge is 0.323 e. The van der Waals surface area contributed by atoms with E-state index >= 15 is 0 Å². The fraction of sp³-hybridized carbons (Fsp3) is 0.308. The molecule has 0 saturated carbocycles. The number of carbonyl (C=O) groups is 2. The van der Waals surface area contributed by atoms with Crippen LogP contribution in [0.3, 0.4) is 0 Å². The second-order valence-corrected chi connectivity index (χ2v) is 9.82. The summed E-state index contributed by atoms with van der Waals surface area (Å²) in [6.07, 6.45) is 2.49. The predicted molar refractivity (Wildman–Crippen MR) is 128 cm³/mol. The summed E-state index contributed by atoms with van der Waals surface area (Å²) in [5.41, 5.74) is 4.15. The van der Waals surface area contributed by atoms with Crippen molar-refractivity contribution in [3.05, 3.63) is 88.2 Å². The largest absolute Gasteiger partial charge is 0.480 e. The summed E-state index contributed by atoms with van der Waals surface area (Å²) in [7, 11) is -1.26. The zero-order chi connectivity index (χ0) is 23.5. The van der Waals surface area contributed by atoms with Crippen LogP contribution < -0.4 is 0 Å². The number of aliphatic carboxylic acids is 1. The van der Waals surface area contributed by atoms with Crippen molar-refractivity contribution in [1.82, 2.24) is 8.87 Å². The molecular formula is C26H28N2O4S. The van der Waals surface area contributed by atoms with Gasteiger partial charge < -0.3 is 9.67 Å². The quantitative estimate of drug-likeness (QED) is 0.509. The Kier molecular flexibility index (Phi) is 6.91. The van der Waals surface area contributed by atoms with E-state index < -0.39 is 17.0 Å². The van der Waals surface area contributed by atoms with Crippen LogP contribution in [0.5, 0.6) is 0 Å². The van der Waals surface area contributed by atoms with Crippen LogP contribution >= 0.6 is 0 Å². The van der Waals surface area contributed by atoms with Gasteiger partial charge in [0, 0.05) is 42.0 Å². The number of benzene rings is 2. The molecule has 0 spiro atoms. The highest BCUT2D eigenvalue weighted by molar-refractivity contribution is 7.82. The first kappa shape index (κ1) is 23.1. The highest BCUT2D eigenvalue weighted by Gasteiger charge is 2.27. The van der Waals surface area contributed by atoms with Gasteiger partial charge in [0.1, 0.15) is 17.5 Å². The highest BCUT2D eigenvalue weighted by atomic mass is 32.2. The Morgan fingerprint density at radius 1 is 0.939 bits per heavy atom. The number of nitrogens with zero attached hydrogens (tertiary/aromatic N) is 2. The van der Waals surface area contributed by atoms with E-state index in [2.05, 4.69) is 0 Å².